The van der Waals surface area contributed by atoms with Crippen molar-refractivity contribution in [2.45, 2.75) is 71.3 Å². The van der Waals surface area contributed by atoms with Gasteiger partial charge >= 0.3 is 6.09 Å². The topological polar surface area (TPSA) is 41.6 Å². The Morgan fingerprint density at radius 2 is 1.62 bits per heavy atom. The normalized spacial score (nSPS) is 13.2. The molecule has 0 atom stereocenters. The first-order valence-electron chi connectivity index (χ1n) is 7.55. The molecular formula is C16H34N2O2S. The third-order valence-electron chi connectivity index (χ3n) is 3.04. The summed E-state index contributed by atoms with van der Waals surface area (Å²) < 4.78 is 5.71. The second-order valence-corrected chi connectivity index (χ2v) is 9.46. The molecule has 0 saturated carbocycles. The largest absolute Gasteiger partial charge is 0.444 e. The van der Waals surface area contributed by atoms with Gasteiger partial charge in [-0.05, 0) is 61.6 Å². The average molecular weight is 319 g/mol. The zero-order valence-corrected chi connectivity index (χ0v) is 16.1. The summed E-state index contributed by atoms with van der Waals surface area (Å²) in [6.07, 6.45) is 1.87. The zero-order valence-electron chi connectivity index (χ0n) is 15.3. The summed E-state index contributed by atoms with van der Waals surface area (Å²) in [5, 5.41) is 3.43. The molecular weight excluding hydrogens is 284 g/mol. The first-order chi connectivity index (χ1) is 9.28. The van der Waals surface area contributed by atoms with Crippen LogP contribution in [-0.2, 0) is 4.74 Å². The molecule has 0 aromatic carbocycles. The van der Waals surface area contributed by atoms with Crippen LogP contribution < -0.4 is 5.32 Å². The Hall–Kier alpha value is -0.420. The lowest BCUT2D eigenvalue weighted by Crippen LogP contribution is -2.50. The van der Waals surface area contributed by atoms with E-state index in [4.69, 9.17) is 4.74 Å². The van der Waals surface area contributed by atoms with Crippen LogP contribution in [0.5, 0.6) is 0 Å². The smallest absolute Gasteiger partial charge is 0.410 e. The van der Waals surface area contributed by atoms with E-state index in [0.29, 0.717) is 6.54 Å². The second-order valence-electron chi connectivity index (χ2n) is 7.94. The lowest BCUT2D eigenvalue weighted by molar-refractivity contribution is 0.00665. The zero-order chi connectivity index (χ0) is 16.9. The fourth-order valence-electron chi connectivity index (χ4n) is 1.67. The number of rotatable bonds is 6. The van der Waals surface area contributed by atoms with Crippen molar-refractivity contribution in [3.63, 3.8) is 0 Å². The number of nitrogens with zero attached hydrogens (tertiary/aromatic N) is 1. The molecule has 0 spiro atoms. The molecule has 0 radical (unpaired) electrons. The van der Waals surface area contributed by atoms with E-state index in [0.717, 1.165) is 13.1 Å². The number of hydrogen-bond acceptors (Lipinski definition) is 4. The van der Waals surface area contributed by atoms with Crippen LogP contribution in [-0.4, -0.2) is 52.8 Å². The molecule has 1 N–H and O–H groups in total. The number of amides is 1. The lowest BCUT2D eigenvalue weighted by Gasteiger charge is -2.37. The van der Waals surface area contributed by atoms with E-state index in [1.807, 2.05) is 53.3 Å². The Bertz CT molecular complexity index is 330. The summed E-state index contributed by atoms with van der Waals surface area (Å²) in [5.41, 5.74) is -0.714. The Kier molecular flexibility index (Phi) is 7.57. The third kappa shape index (κ3) is 9.25. The van der Waals surface area contributed by atoms with E-state index < -0.39 is 5.60 Å². The Labute approximate surface area is 135 Å². The fourth-order valence-corrected chi connectivity index (χ4v) is 1.92. The number of nitrogens with one attached hydrogen (secondary N) is 1. The van der Waals surface area contributed by atoms with Gasteiger partial charge in [0.2, 0.25) is 0 Å². The van der Waals surface area contributed by atoms with Crippen molar-refractivity contribution in [2.75, 3.05) is 25.9 Å². The van der Waals surface area contributed by atoms with Crippen LogP contribution in [0.3, 0.4) is 0 Å². The standard InChI is InChI=1S/C16H34N2O2S/c1-14(2,3)18(13(19)20-15(4,5)6)11-10-17-12-16(7,8)21-9/h17H,10-12H2,1-9H3. The van der Waals surface area contributed by atoms with E-state index in [9.17, 15) is 4.79 Å². The molecule has 5 heteroatoms. The molecule has 0 heterocycles. The van der Waals surface area contributed by atoms with E-state index in [1.165, 1.54) is 0 Å². The van der Waals surface area contributed by atoms with Crippen LogP contribution in [0.1, 0.15) is 55.4 Å². The minimum Gasteiger partial charge on any atom is -0.444 e. The molecule has 0 aliphatic rings. The average Bonchev–Trinajstić information content (AvgIpc) is 2.24. The highest BCUT2D eigenvalue weighted by molar-refractivity contribution is 7.99. The summed E-state index contributed by atoms with van der Waals surface area (Å²) in [6, 6.07) is 0. The van der Waals surface area contributed by atoms with Crippen LogP contribution in [0.2, 0.25) is 0 Å². The van der Waals surface area contributed by atoms with Crippen LogP contribution in [0, 0.1) is 0 Å². The van der Waals surface area contributed by atoms with Gasteiger partial charge in [0.25, 0.3) is 0 Å². The van der Waals surface area contributed by atoms with Crippen molar-refractivity contribution in [2.24, 2.45) is 0 Å². The second kappa shape index (κ2) is 7.73. The number of carbonyl (C=O) groups excluding carboxylic acids is 1. The molecule has 0 aliphatic carbocycles. The molecule has 0 rings (SSSR count). The van der Waals surface area contributed by atoms with Crippen molar-refractivity contribution in [3.05, 3.63) is 0 Å². The number of hydrogen-bond donors (Lipinski definition) is 1. The summed E-state index contributed by atoms with van der Waals surface area (Å²) in [6.45, 7) is 18.5. The molecule has 0 fully saturated rings. The van der Waals surface area contributed by atoms with Gasteiger partial charge in [0.1, 0.15) is 5.60 Å². The van der Waals surface area contributed by atoms with Crippen LogP contribution in [0.4, 0.5) is 4.79 Å². The number of ether oxygens (including phenoxy) is 1. The van der Waals surface area contributed by atoms with Crippen LogP contribution >= 0.6 is 11.8 Å². The molecule has 1 amide bonds. The van der Waals surface area contributed by atoms with Gasteiger partial charge in [-0.1, -0.05) is 0 Å². The molecule has 0 aromatic rings. The van der Waals surface area contributed by atoms with E-state index in [2.05, 4.69) is 25.4 Å². The molecule has 0 aromatic heterocycles. The molecule has 0 unspecified atom stereocenters. The van der Waals surface area contributed by atoms with Gasteiger partial charge in [0.15, 0.2) is 0 Å². The van der Waals surface area contributed by atoms with Gasteiger partial charge in [-0.15, -0.1) is 0 Å². The monoisotopic (exact) mass is 318 g/mol. The van der Waals surface area contributed by atoms with E-state index in [-0.39, 0.29) is 16.4 Å². The van der Waals surface area contributed by atoms with Crippen molar-refractivity contribution >= 4 is 17.9 Å². The first kappa shape index (κ1) is 20.6. The quantitative estimate of drug-likeness (QED) is 0.757. The van der Waals surface area contributed by atoms with Gasteiger partial charge in [0.05, 0.1) is 0 Å². The molecule has 21 heavy (non-hydrogen) atoms. The fraction of sp³-hybridized carbons (Fsp3) is 0.938. The molecule has 0 saturated heterocycles. The predicted octanol–water partition coefficient (Wildman–Crippen LogP) is 3.75. The summed E-state index contributed by atoms with van der Waals surface area (Å²) in [4.78, 5) is 14.1. The third-order valence-corrected chi connectivity index (χ3v) is 4.29. The number of carbonyl (C=O) groups is 1. The van der Waals surface area contributed by atoms with Gasteiger partial charge in [0, 0.05) is 29.9 Å². The Balaban J connectivity index is 4.50. The van der Waals surface area contributed by atoms with Gasteiger partial charge in [-0.2, -0.15) is 11.8 Å². The van der Waals surface area contributed by atoms with Crippen molar-refractivity contribution in [1.29, 1.82) is 0 Å². The minimum atomic E-state index is -0.463. The van der Waals surface area contributed by atoms with Gasteiger partial charge in [-0.3, -0.25) is 0 Å². The van der Waals surface area contributed by atoms with Crippen LogP contribution in [0.25, 0.3) is 0 Å². The molecule has 4 nitrogen and oxygen atoms in total. The maximum Gasteiger partial charge on any atom is 0.410 e. The first-order valence-corrected chi connectivity index (χ1v) is 8.77. The summed E-state index contributed by atoms with van der Waals surface area (Å²) in [5.74, 6) is 0. The molecule has 0 bridgehead atoms. The predicted molar refractivity (Wildman–Crippen MR) is 93.2 cm³/mol. The highest BCUT2D eigenvalue weighted by Crippen LogP contribution is 2.20. The summed E-state index contributed by atoms with van der Waals surface area (Å²) in [7, 11) is 0. The van der Waals surface area contributed by atoms with Gasteiger partial charge < -0.3 is 15.0 Å². The molecule has 0 aliphatic heterocycles. The van der Waals surface area contributed by atoms with Crippen molar-refractivity contribution in [3.8, 4) is 0 Å². The Morgan fingerprint density at radius 1 is 1.10 bits per heavy atom. The van der Waals surface area contributed by atoms with Crippen molar-refractivity contribution < 1.29 is 9.53 Å². The van der Waals surface area contributed by atoms with Crippen LogP contribution in [0.15, 0.2) is 0 Å². The SMILES string of the molecule is CSC(C)(C)CNCCN(C(=O)OC(C)(C)C)C(C)(C)C. The maximum absolute atomic E-state index is 12.3. The van der Waals surface area contributed by atoms with E-state index >= 15 is 0 Å². The maximum atomic E-state index is 12.3. The summed E-state index contributed by atoms with van der Waals surface area (Å²) >= 11 is 1.84. The Morgan fingerprint density at radius 3 is 2.00 bits per heavy atom. The highest BCUT2D eigenvalue weighted by Gasteiger charge is 2.30. The highest BCUT2D eigenvalue weighted by atomic mass is 32.2. The minimum absolute atomic E-state index is 0.207. The number of thioether (sulfide) groups is 1. The van der Waals surface area contributed by atoms with E-state index in [1.54, 1.807) is 4.90 Å². The van der Waals surface area contributed by atoms with Gasteiger partial charge in [-0.25, -0.2) is 4.79 Å². The van der Waals surface area contributed by atoms with Crippen molar-refractivity contribution in [1.82, 2.24) is 10.2 Å². The lowest BCUT2D eigenvalue weighted by atomic mass is 10.1. The molecule has 126 valence electrons.